The van der Waals surface area contributed by atoms with Crippen molar-refractivity contribution in [3.05, 3.63) is 65.5 Å². The van der Waals surface area contributed by atoms with E-state index in [1.54, 1.807) is 32.4 Å². The lowest BCUT2D eigenvalue weighted by atomic mass is 9.81. The van der Waals surface area contributed by atoms with Crippen molar-refractivity contribution in [3.63, 3.8) is 0 Å². The van der Waals surface area contributed by atoms with Crippen molar-refractivity contribution in [2.24, 2.45) is 4.99 Å². The molecule has 1 aliphatic rings. The summed E-state index contributed by atoms with van der Waals surface area (Å²) in [7, 11) is 3.33. The Labute approximate surface area is 171 Å². The Morgan fingerprint density at radius 2 is 1.66 bits per heavy atom. The lowest BCUT2D eigenvalue weighted by Gasteiger charge is -2.34. The van der Waals surface area contributed by atoms with Gasteiger partial charge in [-0.1, -0.05) is 24.3 Å². The van der Waals surface area contributed by atoms with Crippen molar-refractivity contribution >= 4 is 17.2 Å². The van der Waals surface area contributed by atoms with Gasteiger partial charge in [-0.3, -0.25) is 14.7 Å². The van der Waals surface area contributed by atoms with E-state index >= 15 is 0 Å². The van der Waals surface area contributed by atoms with Crippen LogP contribution in [-0.4, -0.2) is 63.0 Å². The summed E-state index contributed by atoms with van der Waals surface area (Å²) in [6, 6.07) is 13.4. The van der Waals surface area contributed by atoms with Gasteiger partial charge in [-0.05, 0) is 36.8 Å². The fraction of sp³-hybridized carbons (Fsp3) is 0.391. The van der Waals surface area contributed by atoms with Crippen LogP contribution in [0.1, 0.15) is 28.8 Å². The maximum atomic E-state index is 13.5. The van der Waals surface area contributed by atoms with Crippen LogP contribution < -0.4 is 0 Å². The Hall–Kier alpha value is -2.41. The van der Waals surface area contributed by atoms with Crippen LogP contribution in [0.3, 0.4) is 0 Å². The van der Waals surface area contributed by atoms with Crippen LogP contribution >= 0.6 is 0 Å². The second-order valence-electron chi connectivity index (χ2n) is 7.10. The number of fused-ring (bicyclic) bond motifs is 1. The number of hydrogen-bond acceptors (Lipinski definition) is 5. The summed E-state index contributed by atoms with van der Waals surface area (Å²) < 4.78 is 24.0. The van der Waals surface area contributed by atoms with E-state index in [1.807, 2.05) is 25.1 Å². The van der Waals surface area contributed by atoms with Crippen LogP contribution in [0.15, 0.2) is 53.5 Å². The van der Waals surface area contributed by atoms with Crippen molar-refractivity contribution in [1.82, 2.24) is 4.90 Å². The smallest absolute Gasteiger partial charge is 0.178 e. The molecule has 0 fully saturated rings. The molecule has 2 aromatic carbocycles. The van der Waals surface area contributed by atoms with Gasteiger partial charge in [-0.2, -0.15) is 0 Å². The Bertz CT molecular complexity index is 859. The molecule has 2 unspecified atom stereocenters. The maximum Gasteiger partial charge on any atom is 0.178 e. The molecule has 0 amide bonds. The predicted molar refractivity (Wildman–Crippen MR) is 112 cm³/mol. The predicted octanol–water partition coefficient (Wildman–Crippen LogP) is 3.86. The molecule has 3 rings (SSSR count). The highest BCUT2D eigenvalue weighted by Gasteiger charge is 2.36. The van der Waals surface area contributed by atoms with Gasteiger partial charge in [-0.15, -0.1) is 0 Å². The standard InChI is InChI=1S/C23H27FN2O3/c1-16(26(12-14-28-2)13-15-29-3)22-21(17-8-10-18(24)11-9-17)23(27)19-6-4-5-7-20(19)25-22/h4-11,16,21H,12-15H2,1-3H3. The number of ether oxygens (including phenoxy) is 2. The van der Waals surface area contributed by atoms with Gasteiger partial charge >= 0.3 is 0 Å². The van der Waals surface area contributed by atoms with E-state index in [0.717, 1.165) is 11.3 Å². The fourth-order valence-corrected chi connectivity index (χ4v) is 3.69. The first-order valence-electron chi connectivity index (χ1n) is 9.76. The minimum absolute atomic E-state index is 0.0116. The van der Waals surface area contributed by atoms with E-state index in [4.69, 9.17) is 14.5 Å². The molecule has 0 aliphatic carbocycles. The van der Waals surface area contributed by atoms with E-state index in [1.165, 1.54) is 12.1 Å². The second-order valence-corrected chi connectivity index (χ2v) is 7.10. The number of halogens is 1. The first kappa shape index (κ1) is 21.3. The minimum Gasteiger partial charge on any atom is -0.383 e. The molecular weight excluding hydrogens is 371 g/mol. The summed E-state index contributed by atoms with van der Waals surface area (Å²) >= 11 is 0. The number of para-hydroxylation sites is 1. The van der Waals surface area contributed by atoms with Crippen LogP contribution in [0.4, 0.5) is 10.1 Å². The Kier molecular flexibility index (Phi) is 7.25. The summed E-state index contributed by atoms with van der Waals surface area (Å²) in [5.74, 6) is -0.888. The Morgan fingerprint density at radius 1 is 1.03 bits per heavy atom. The molecule has 6 heteroatoms. The molecule has 0 saturated heterocycles. The van der Waals surface area contributed by atoms with Crippen LogP contribution in [-0.2, 0) is 9.47 Å². The lowest BCUT2D eigenvalue weighted by molar-refractivity contribution is 0.0963. The van der Waals surface area contributed by atoms with Gasteiger partial charge in [0, 0.05) is 38.9 Å². The number of aliphatic imine (C=N–C) groups is 1. The zero-order valence-corrected chi connectivity index (χ0v) is 17.1. The molecule has 5 nitrogen and oxygen atoms in total. The van der Waals surface area contributed by atoms with E-state index in [2.05, 4.69) is 4.90 Å². The first-order chi connectivity index (χ1) is 14.1. The average Bonchev–Trinajstić information content (AvgIpc) is 2.74. The summed E-state index contributed by atoms with van der Waals surface area (Å²) in [6.07, 6.45) is 0. The lowest BCUT2D eigenvalue weighted by Crippen LogP contribution is -2.46. The van der Waals surface area contributed by atoms with Crippen LogP contribution in [0.25, 0.3) is 0 Å². The van der Waals surface area contributed by atoms with Crippen LogP contribution in [0.5, 0.6) is 0 Å². The van der Waals surface area contributed by atoms with Crippen molar-refractivity contribution < 1.29 is 18.7 Å². The van der Waals surface area contributed by atoms with Gasteiger partial charge in [0.1, 0.15) is 5.82 Å². The number of ketones is 1. The van der Waals surface area contributed by atoms with Crippen LogP contribution in [0, 0.1) is 5.82 Å². The second kappa shape index (κ2) is 9.87. The van der Waals surface area contributed by atoms with Crippen molar-refractivity contribution in [3.8, 4) is 0 Å². The highest BCUT2D eigenvalue weighted by Crippen LogP contribution is 2.35. The number of carbonyl (C=O) groups excluding carboxylic acids is 1. The van der Waals surface area contributed by atoms with E-state index < -0.39 is 5.92 Å². The monoisotopic (exact) mass is 398 g/mol. The van der Waals surface area contributed by atoms with E-state index in [0.29, 0.717) is 37.6 Å². The number of benzene rings is 2. The maximum absolute atomic E-state index is 13.5. The van der Waals surface area contributed by atoms with Crippen molar-refractivity contribution in [2.75, 3.05) is 40.5 Å². The fourth-order valence-electron chi connectivity index (χ4n) is 3.69. The van der Waals surface area contributed by atoms with Gasteiger partial charge in [0.15, 0.2) is 5.78 Å². The molecule has 29 heavy (non-hydrogen) atoms. The summed E-state index contributed by atoms with van der Waals surface area (Å²) in [6.45, 7) is 4.54. The molecule has 0 bridgehead atoms. The molecule has 1 aliphatic heterocycles. The van der Waals surface area contributed by atoms with Gasteiger partial charge < -0.3 is 9.47 Å². The molecule has 2 aromatic rings. The molecule has 0 radical (unpaired) electrons. The highest BCUT2D eigenvalue weighted by atomic mass is 19.1. The topological polar surface area (TPSA) is 51.1 Å². The zero-order valence-electron chi connectivity index (χ0n) is 17.1. The molecule has 0 spiro atoms. The van der Waals surface area contributed by atoms with Crippen molar-refractivity contribution in [1.29, 1.82) is 0 Å². The Morgan fingerprint density at radius 3 is 2.28 bits per heavy atom. The summed E-state index contributed by atoms with van der Waals surface area (Å²) in [5, 5.41) is 0. The van der Waals surface area contributed by atoms with Gasteiger partial charge in [0.05, 0.1) is 30.5 Å². The molecule has 0 aromatic heterocycles. The molecule has 154 valence electrons. The molecule has 2 atom stereocenters. The van der Waals surface area contributed by atoms with Crippen LogP contribution in [0.2, 0.25) is 0 Å². The average molecular weight is 398 g/mol. The number of carbonyl (C=O) groups is 1. The number of nitrogens with zero attached hydrogens (tertiary/aromatic N) is 2. The normalized spacial score (nSPS) is 17.2. The third-order valence-electron chi connectivity index (χ3n) is 5.32. The highest BCUT2D eigenvalue weighted by molar-refractivity contribution is 6.23. The van der Waals surface area contributed by atoms with Gasteiger partial charge in [0.25, 0.3) is 0 Å². The van der Waals surface area contributed by atoms with E-state index in [-0.39, 0.29) is 17.6 Å². The SMILES string of the molecule is COCCN(CCOC)C(C)C1=Nc2ccccc2C(=O)C1c1ccc(F)cc1. The first-order valence-corrected chi connectivity index (χ1v) is 9.76. The molecule has 0 saturated carbocycles. The third kappa shape index (κ3) is 4.78. The Balaban J connectivity index is 2.03. The number of rotatable bonds is 9. The minimum atomic E-state index is -0.548. The summed E-state index contributed by atoms with van der Waals surface area (Å²) in [4.78, 5) is 20.5. The van der Waals surface area contributed by atoms with Crippen molar-refractivity contribution in [2.45, 2.75) is 18.9 Å². The third-order valence-corrected chi connectivity index (χ3v) is 5.32. The quantitative estimate of drug-likeness (QED) is 0.644. The largest absolute Gasteiger partial charge is 0.383 e. The zero-order chi connectivity index (χ0) is 20.8. The van der Waals surface area contributed by atoms with E-state index in [9.17, 15) is 9.18 Å². The number of methoxy groups -OCH3 is 2. The number of hydrogen-bond donors (Lipinski definition) is 0. The molecular formula is C23H27FN2O3. The molecule has 0 N–H and O–H groups in total. The van der Waals surface area contributed by atoms with Gasteiger partial charge in [0.2, 0.25) is 0 Å². The molecule has 1 heterocycles. The van der Waals surface area contributed by atoms with Gasteiger partial charge in [-0.25, -0.2) is 4.39 Å². The number of Topliss-reactive ketones (excluding diaryl/α,β-unsaturated/α-hetero) is 1. The summed E-state index contributed by atoms with van der Waals surface area (Å²) in [5.41, 5.74) is 2.77.